The van der Waals surface area contributed by atoms with Crippen LogP contribution in [0.4, 0.5) is 0 Å². The first-order valence-electron chi connectivity index (χ1n) is 22.2. The molecule has 0 heterocycles. The fourth-order valence-electron chi connectivity index (χ4n) is 6.28. The van der Waals surface area contributed by atoms with Gasteiger partial charge in [-0.15, -0.1) is 0 Å². The Bertz CT molecular complexity index is 1040. The van der Waals surface area contributed by atoms with Crippen molar-refractivity contribution >= 4 is 17.9 Å². The number of allylic oxidation sites excluding steroid dienone is 8. The van der Waals surface area contributed by atoms with Gasteiger partial charge in [0.05, 0.1) is 34.4 Å². The van der Waals surface area contributed by atoms with Crippen LogP contribution in [0.1, 0.15) is 181 Å². The van der Waals surface area contributed by atoms with Crippen LogP contribution in [0.3, 0.4) is 0 Å². The van der Waals surface area contributed by atoms with Crippen LogP contribution in [0.15, 0.2) is 48.6 Å². The van der Waals surface area contributed by atoms with Crippen molar-refractivity contribution in [2.24, 2.45) is 0 Å². The first-order valence-corrected chi connectivity index (χ1v) is 22.2. The highest BCUT2D eigenvalue weighted by molar-refractivity contribution is 5.72. The van der Waals surface area contributed by atoms with Crippen molar-refractivity contribution in [2.75, 3.05) is 41.0 Å². The predicted octanol–water partition coefficient (Wildman–Crippen LogP) is 12.0. The monoisotopic (exact) mass is 775 g/mol. The normalized spacial score (nSPS) is 13.4. The molecule has 0 radical (unpaired) electrons. The summed E-state index contributed by atoms with van der Waals surface area (Å²) in [6, 6.07) is -0.621. The maximum Gasteiger partial charge on any atom is 0.362 e. The standard InChI is InChI=1S/C47H83NO7/c1-6-8-10-12-14-16-18-20-21-22-23-24-26-27-29-31-33-35-37-45(49)54-42-43(41-53-40-39-44(47(51)52)48(3,4)5)55-46(50)38-36-34-32-30-28-25-19-17-15-13-11-9-7-2/h9,11,15,17,21-22,25,28,43-44H,6-8,10,12-14,16,18-20,23-24,26-27,29-42H2,1-5H3/p+1/b11-9-,17-15-,22-21-,28-25-. The highest BCUT2D eigenvalue weighted by atomic mass is 16.6. The average molecular weight is 775 g/mol. The summed E-state index contributed by atoms with van der Waals surface area (Å²) in [6.07, 6.45) is 44.4. The lowest BCUT2D eigenvalue weighted by Gasteiger charge is -2.31. The first-order chi connectivity index (χ1) is 26.6. The Balaban J connectivity index is 4.35. The van der Waals surface area contributed by atoms with Gasteiger partial charge in [0.2, 0.25) is 0 Å². The van der Waals surface area contributed by atoms with Crippen molar-refractivity contribution < 1.29 is 38.2 Å². The van der Waals surface area contributed by atoms with E-state index in [4.69, 9.17) is 14.2 Å². The van der Waals surface area contributed by atoms with Gasteiger partial charge in [-0.1, -0.05) is 140 Å². The van der Waals surface area contributed by atoms with Gasteiger partial charge in [0.15, 0.2) is 12.1 Å². The number of unbranched alkanes of at least 4 members (excludes halogenated alkanes) is 17. The molecule has 318 valence electrons. The van der Waals surface area contributed by atoms with Crippen LogP contribution in [0.25, 0.3) is 0 Å². The zero-order valence-electron chi connectivity index (χ0n) is 36.1. The van der Waals surface area contributed by atoms with Gasteiger partial charge in [-0.05, 0) is 70.6 Å². The maximum absolute atomic E-state index is 12.7. The highest BCUT2D eigenvalue weighted by Crippen LogP contribution is 2.14. The number of aliphatic carboxylic acids is 1. The van der Waals surface area contributed by atoms with E-state index < -0.39 is 18.1 Å². The summed E-state index contributed by atoms with van der Waals surface area (Å²) >= 11 is 0. The Hall–Kier alpha value is -2.71. The number of quaternary nitrogens is 1. The van der Waals surface area contributed by atoms with E-state index in [-0.39, 0.29) is 36.2 Å². The Kier molecular flexibility index (Phi) is 36.3. The van der Waals surface area contributed by atoms with Crippen molar-refractivity contribution in [2.45, 2.75) is 193 Å². The van der Waals surface area contributed by atoms with E-state index in [1.165, 1.54) is 83.5 Å². The fourth-order valence-corrected chi connectivity index (χ4v) is 6.28. The smallest absolute Gasteiger partial charge is 0.362 e. The molecule has 0 aromatic rings. The number of hydrogen-bond donors (Lipinski definition) is 1. The van der Waals surface area contributed by atoms with E-state index in [9.17, 15) is 19.5 Å². The van der Waals surface area contributed by atoms with Crippen LogP contribution in [0.5, 0.6) is 0 Å². The van der Waals surface area contributed by atoms with Gasteiger partial charge < -0.3 is 23.8 Å². The molecule has 0 saturated heterocycles. The van der Waals surface area contributed by atoms with Crippen LogP contribution < -0.4 is 0 Å². The maximum atomic E-state index is 12.7. The Morgan fingerprint density at radius 3 is 1.55 bits per heavy atom. The molecular formula is C47H84NO7+. The van der Waals surface area contributed by atoms with Crippen molar-refractivity contribution in [1.29, 1.82) is 0 Å². The first kappa shape index (κ1) is 52.3. The third-order valence-corrected chi connectivity index (χ3v) is 9.71. The number of hydrogen-bond acceptors (Lipinski definition) is 6. The van der Waals surface area contributed by atoms with Gasteiger partial charge >= 0.3 is 17.9 Å². The number of carbonyl (C=O) groups is 3. The van der Waals surface area contributed by atoms with Gasteiger partial charge in [-0.25, -0.2) is 4.79 Å². The van der Waals surface area contributed by atoms with E-state index in [1.54, 1.807) is 0 Å². The molecule has 0 saturated carbocycles. The number of likely N-dealkylation sites (N-methyl/N-ethyl adjacent to an activating group) is 1. The minimum atomic E-state index is -0.882. The molecule has 0 aliphatic carbocycles. The van der Waals surface area contributed by atoms with Crippen LogP contribution in [-0.4, -0.2) is 80.6 Å². The van der Waals surface area contributed by atoms with Crippen LogP contribution in [0, 0.1) is 0 Å². The molecule has 0 rings (SSSR count). The zero-order valence-corrected chi connectivity index (χ0v) is 36.1. The van der Waals surface area contributed by atoms with Gasteiger partial charge in [-0.2, -0.15) is 0 Å². The second kappa shape index (κ2) is 38.2. The quantitative estimate of drug-likeness (QED) is 0.0287. The summed E-state index contributed by atoms with van der Waals surface area (Å²) < 4.78 is 17.2. The lowest BCUT2D eigenvalue weighted by atomic mass is 10.1. The Morgan fingerprint density at radius 2 is 1.02 bits per heavy atom. The van der Waals surface area contributed by atoms with Gasteiger partial charge in [0.1, 0.15) is 6.61 Å². The van der Waals surface area contributed by atoms with Gasteiger partial charge in [0, 0.05) is 19.3 Å². The minimum Gasteiger partial charge on any atom is -0.477 e. The number of esters is 2. The number of carbonyl (C=O) groups excluding carboxylic acids is 2. The molecule has 0 spiro atoms. The molecule has 0 fully saturated rings. The van der Waals surface area contributed by atoms with E-state index in [0.29, 0.717) is 19.3 Å². The third-order valence-electron chi connectivity index (χ3n) is 9.71. The van der Waals surface area contributed by atoms with Crippen LogP contribution in [-0.2, 0) is 28.6 Å². The molecule has 0 aliphatic rings. The molecule has 8 nitrogen and oxygen atoms in total. The average Bonchev–Trinajstić information content (AvgIpc) is 3.14. The molecule has 0 amide bonds. The summed E-state index contributed by atoms with van der Waals surface area (Å²) in [4.78, 5) is 36.9. The molecule has 0 bridgehead atoms. The number of carboxylic acid groups (broad SMARTS) is 1. The number of ether oxygens (including phenoxy) is 3. The van der Waals surface area contributed by atoms with Gasteiger partial charge in [-0.3, -0.25) is 9.59 Å². The largest absolute Gasteiger partial charge is 0.477 e. The fraction of sp³-hybridized carbons (Fsp3) is 0.766. The second-order valence-corrected chi connectivity index (χ2v) is 15.9. The molecule has 1 N–H and O–H groups in total. The number of rotatable bonds is 39. The van der Waals surface area contributed by atoms with E-state index in [2.05, 4.69) is 62.5 Å². The lowest BCUT2D eigenvalue weighted by Crippen LogP contribution is -2.50. The van der Waals surface area contributed by atoms with Gasteiger partial charge in [0.25, 0.3) is 0 Å². The highest BCUT2D eigenvalue weighted by Gasteiger charge is 2.31. The van der Waals surface area contributed by atoms with E-state index >= 15 is 0 Å². The molecular weight excluding hydrogens is 691 g/mol. The van der Waals surface area contributed by atoms with Crippen LogP contribution in [0.2, 0.25) is 0 Å². The summed E-state index contributed by atoms with van der Waals surface area (Å²) in [5.74, 6) is -1.51. The van der Waals surface area contributed by atoms with Crippen molar-refractivity contribution in [3.8, 4) is 0 Å². The summed E-state index contributed by atoms with van der Waals surface area (Å²) in [5.41, 5.74) is 0. The van der Waals surface area contributed by atoms with Crippen molar-refractivity contribution in [3.63, 3.8) is 0 Å². The zero-order chi connectivity index (χ0) is 40.7. The van der Waals surface area contributed by atoms with E-state index in [1.807, 2.05) is 21.1 Å². The SMILES string of the molecule is CC/C=C\C/C=C\C/C=C\CCCCCC(=O)OC(COCCC(C(=O)O)[N+](C)(C)C)COC(=O)CCCCCCCCC/C=C\CCCCCCCCC. The molecule has 0 aliphatic heterocycles. The topological polar surface area (TPSA) is 99.1 Å². The second-order valence-electron chi connectivity index (χ2n) is 15.9. The third kappa shape index (κ3) is 36.7. The summed E-state index contributed by atoms with van der Waals surface area (Å²) in [5, 5.41) is 9.61. The van der Waals surface area contributed by atoms with Crippen LogP contribution >= 0.6 is 0 Å². The Labute approximate surface area is 337 Å². The molecule has 8 heteroatoms. The summed E-state index contributed by atoms with van der Waals surface area (Å²) in [7, 11) is 5.51. The summed E-state index contributed by atoms with van der Waals surface area (Å²) in [6.45, 7) is 4.58. The molecule has 2 unspecified atom stereocenters. The van der Waals surface area contributed by atoms with E-state index in [0.717, 1.165) is 64.2 Å². The number of carboxylic acids is 1. The van der Waals surface area contributed by atoms with Crippen molar-refractivity contribution in [3.05, 3.63) is 48.6 Å². The molecule has 0 aromatic carbocycles. The van der Waals surface area contributed by atoms with Crippen molar-refractivity contribution in [1.82, 2.24) is 0 Å². The molecule has 55 heavy (non-hydrogen) atoms. The predicted molar refractivity (Wildman–Crippen MR) is 229 cm³/mol. The molecule has 0 aromatic heterocycles. The lowest BCUT2D eigenvalue weighted by molar-refractivity contribution is -0.887. The number of nitrogens with zero attached hydrogens (tertiary/aromatic N) is 1. The Morgan fingerprint density at radius 1 is 0.564 bits per heavy atom. The molecule has 2 atom stereocenters. The minimum absolute atomic E-state index is 0.0472.